The number of pyridine rings is 1. The molecule has 0 radical (unpaired) electrons. The van der Waals surface area contributed by atoms with Crippen LogP contribution in [-0.4, -0.2) is 21.4 Å². The molecular formula is C20H16N2O2S2. The zero-order chi connectivity index (χ0) is 18.1. The molecule has 0 saturated heterocycles. The van der Waals surface area contributed by atoms with Gasteiger partial charge in [-0.1, -0.05) is 24.3 Å². The van der Waals surface area contributed by atoms with Crippen LogP contribution >= 0.6 is 11.3 Å². The fraction of sp³-hybridized carbons (Fsp3) is 0.100. The van der Waals surface area contributed by atoms with E-state index in [0.717, 1.165) is 32.2 Å². The number of hydrogen-bond donors (Lipinski definition) is 1. The van der Waals surface area contributed by atoms with Crippen LogP contribution in [0, 0.1) is 0 Å². The first-order valence-corrected chi connectivity index (χ1v) is 10.6. The molecule has 0 saturated carbocycles. The van der Waals surface area contributed by atoms with E-state index in [1.54, 1.807) is 12.5 Å². The fourth-order valence-electron chi connectivity index (χ4n) is 2.97. The highest BCUT2D eigenvalue weighted by Crippen LogP contribution is 2.33. The van der Waals surface area contributed by atoms with Crippen LogP contribution in [0.15, 0.2) is 60.8 Å². The lowest BCUT2D eigenvalue weighted by Crippen LogP contribution is -2.12. The van der Waals surface area contributed by atoms with Gasteiger partial charge in [0.2, 0.25) is 0 Å². The predicted molar refractivity (Wildman–Crippen MR) is 109 cm³/mol. The molecule has 1 amide bonds. The predicted octanol–water partition coefficient (Wildman–Crippen LogP) is 4.58. The molecule has 2 aromatic carbocycles. The van der Waals surface area contributed by atoms with E-state index in [-0.39, 0.29) is 5.91 Å². The maximum absolute atomic E-state index is 12.9. The molecule has 0 aliphatic carbocycles. The largest absolute Gasteiger partial charge is 0.321 e. The number of amides is 1. The number of benzene rings is 2. The average Bonchev–Trinajstić information content (AvgIpc) is 3.00. The first-order valence-electron chi connectivity index (χ1n) is 8.08. The lowest BCUT2D eigenvalue weighted by molar-refractivity contribution is 0.103. The molecule has 1 unspecified atom stereocenters. The summed E-state index contributed by atoms with van der Waals surface area (Å²) in [6.45, 7) is 0. The minimum Gasteiger partial charge on any atom is -0.321 e. The van der Waals surface area contributed by atoms with Crippen LogP contribution in [0.5, 0.6) is 0 Å². The normalized spacial score (nSPS) is 12.3. The highest BCUT2D eigenvalue weighted by molar-refractivity contribution is 7.83. The van der Waals surface area contributed by atoms with Crippen molar-refractivity contribution in [3.8, 4) is 0 Å². The Balaban J connectivity index is 1.71. The number of hydrogen-bond acceptors (Lipinski definition) is 4. The van der Waals surface area contributed by atoms with Gasteiger partial charge in [-0.3, -0.25) is 14.0 Å². The maximum atomic E-state index is 12.9. The Hall–Kier alpha value is -2.57. The molecule has 130 valence electrons. The van der Waals surface area contributed by atoms with Crippen LogP contribution < -0.4 is 5.32 Å². The van der Waals surface area contributed by atoms with Gasteiger partial charge in [-0.25, -0.2) is 0 Å². The first-order chi connectivity index (χ1) is 12.6. The van der Waals surface area contributed by atoms with Crippen molar-refractivity contribution in [1.29, 1.82) is 0 Å². The number of carbonyl (C=O) groups is 1. The van der Waals surface area contributed by atoms with Gasteiger partial charge in [-0.05, 0) is 41.3 Å². The Labute approximate surface area is 157 Å². The Kier molecular flexibility index (Phi) is 4.53. The van der Waals surface area contributed by atoms with Gasteiger partial charge in [-0.2, -0.15) is 0 Å². The molecule has 6 heteroatoms. The number of fused-ring (bicyclic) bond motifs is 2. The molecule has 1 N–H and O–H groups in total. The zero-order valence-corrected chi connectivity index (χ0v) is 15.7. The van der Waals surface area contributed by atoms with E-state index >= 15 is 0 Å². The van der Waals surface area contributed by atoms with Crippen molar-refractivity contribution in [2.24, 2.45) is 0 Å². The van der Waals surface area contributed by atoms with Gasteiger partial charge < -0.3 is 5.32 Å². The number of thiophene rings is 1. The molecule has 0 fully saturated rings. The molecule has 2 aromatic heterocycles. The Bertz CT molecular complexity index is 1150. The summed E-state index contributed by atoms with van der Waals surface area (Å²) in [6.07, 6.45) is 3.40. The molecule has 26 heavy (non-hydrogen) atoms. The van der Waals surface area contributed by atoms with Gasteiger partial charge >= 0.3 is 0 Å². The number of nitrogens with zero attached hydrogens (tertiary/aromatic N) is 1. The van der Waals surface area contributed by atoms with E-state index in [4.69, 9.17) is 0 Å². The second-order valence-electron chi connectivity index (χ2n) is 5.99. The summed E-state index contributed by atoms with van der Waals surface area (Å²) in [7, 11) is -1.02. The molecule has 0 aliphatic rings. The molecule has 4 nitrogen and oxygen atoms in total. The van der Waals surface area contributed by atoms with Gasteiger partial charge in [0.1, 0.15) is 0 Å². The SMILES string of the molecule is CS(=O)Cc1c(C(=O)Nc2ccc3ncccc3c2)sc2ccccc12. The smallest absolute Gasteiger partial charge is 0.266 e. The van der Waals surface area contributed by atoms with Crippen LogP contribution in [0.2, 0.25) is 0 Å². The minimum absolute atomic E-state index is 0.171. The maximum Gasteiger partial charge on any atom is 0.266 e. The number of aromatic nitrogens is 1. The first kappa shape index (κ1) is 16.9. The van der Waals surface area contributed by atoms with E-state index in [9.17, 15) is 9.00 Å². The van der Waals surface area contributed by atoms with E-state index in [1.807, 2.05) is 54.6 Å². The van der Waals surface area contributed by atoms with Crippen LogP contribution in [-0.2, 0) is 16.6 Å². The Morgan fingerprint density at radius 1 is 1.15 bits per heavy atom. The zero-order valence-electron chi connectivity index (χ0n) is 14.1. The number of carbonyl (C=O) groups excluding carboxylic acids is 1. The van der Waals surface area contributed by atoms with E-state index in [1.165, 1.54) is 11.3 Å². The lowest BCUT2D eigenvalue weighted by atomic mass is 10.1. The van der Waals surface area contributed by atoms with E-state index in [0.29, 0.717) is 10.6 Å². The van der Waals surface area contributed by atoms with Crippen LogP contribution in [0.4, 0.5) is 5.69 Å². The standard InChI is InChI=1S/C20H16N2O2S2/c1-26(24)12-16-15-6-2-3-7-18(15)25-19(16)20(23)22-14-8-9-17-13(11-14)5-4-10-21-17/h2-11H,12H2,1H3,(H,22,23). The average molecular weight is 380 g/mol. The van der Waals surface area contributed by atoms with Crippen LogP contribution in [0.1, 0.15) is 15.2 Å². The van der Waals surface area contributed by atoms with Crippen LogP contribution in [0.3, 0.4) is 0 Å². The number of anilines is 1. The monoisotopic (exact) mass is 380 g/mol. The molecule has 0 bridgehead atoms. The van der Waals surface area contributed by atoms with Crippen molar-refractivity contribution in [3.05, 3.63) is 71.2 Å². The van der Waals surface area contributed by atoms with Gasteiger partial charge in [-0.15, -0.1) is 11.3 Å². The highest BCUT2D eigenvalue weighted by atomic mass is 32.2. The van der Waals surface area contributed by atoms with Crippen molar-refractivity contribution >= 4 is 54.7 Å². The summed E-state index contributed by atoms with van der Waals surface area (Å²) in [6, 6.07) is 17.3. The third kappa shape index (κ3) is 3.25. The molecular weight excluding hydrogens is 364 g/mol. The van der Waals surface area contributed by atoms with Crippen molar-refractivity contribution in [2.45, 2.75) is 5.75 Å². The molecule has 0 aliphatic heterocycles. The fourth-order valence-corrected chi connectivity index (χ4v) is 4.88. The topological polar surface area (TPSA) is 59.1 Å². The second-order valence-corrected chi connectivity index (χ2v) is 8.48. The number of rotatable bonds is 4. The van der Waals surface area contributed by atoms with Crippen LogP contribution in [0.25, 0.3) is 21.0 Å². The summed E-state index contributed by atoms with van der Waals surface area (Å²) in [4.78, 5) is 17.8. The van der Waals surface area contributed by atoms with Crippen molar-refractivity contribution in [2.75, 3.05) is 11.6 Å². The summed E-state index contributed by atoms with van der Waals surface area (Å²) >= 11 is 1.44. The Morgan fingerprint density at radius 3 is 2.85 bits per heavy atom. The van der Waals surface area contributed by atoms with E-state index in [2.05, 4.69) is 10.3 Å². The molecule has 2 heterocycles. The lowest BCUT2D eigenvalue weighted by Gasteiger charge is -2.07. The van der Waals surface area contributed by atoms with Gasteiger partial charge in [0, 0.05) is 39.0 Å². The third-order valence-electron chi connectivity index (χ3n) is 4.11. The second kappa shape index (κ2) is 6.97. The van der Waals surface area contributed by atoms with Crippen molar-refractivity contribution < 1.29 is 9.00 Å². The summed E-state index contributed by atoms with van der Waals surface area (Å²) in [5, 5.41) is 4.94. The van der Waals surface area contributed by atoms with E-state index < -0.39 is 10.8 Å². The summed E-state index contributed by atoms with van der Waals surface area (Å²) in [5.41, 5.74) is 2.46. The quantitative estimate of drug-likeness (QED) is 0.564. The van der Waals surface area contributed by atoms with Gasteiger partial charge in [0.25, 0.3) is 5.91 Å². The number of nitrogens with one attached hydrogen (secondary N) is 1. The minimum atomic E-state index is -1.02. The van der Waals surface area contributed by atoms with Gasteiger partial charge in [0.05, 0.1) is 16.1 Å². The molecule has 0 spiro atoms. The molecule has 1 atom stereocenters. The highest BCUT2D eigenvalue weighted by Gasteiger charge is 2.19. The summed E-state index contributed by atoms with van der Waals surface area (Å²) < 4.78 is 12.8. The van der Waals surface area contributed by atoms with Crippen molar-refractivity contribution in [3.63, 3.8) is 0 Å². The van der Waals surface area contributed by atoms with Gasteiger partial charge in [0.15, 0.2) is 0 Å². The molecule has 4 aromatic rings. The summed E-state index contributed by atoms with van der Waals surface area (Å²) in [5.74, 6) is 0.198. The third-order valence-corrected chi connectivity index (χ3v) is 6.02. The molecule has 4 rings (SSSR count). The van der Waals surface area contributed by atoms with Crippen molar-refractivity contribution in [1.82, 2.24) is 4.98 Å². The Morgan fingerprint density at radius 2 is 2.00 bits per heavy atom.